The summed E-state index contributed by atoms with van der Waals surface area (Å²) in [5.74, 6) is 0.650. The first-order chi connectivity index (χ1) is 12.2. The Morgan fingerprint density at radius 3 is 3.00 bits per heavy atom. The van der Waals surface area contributed by atoms with Gasteiger partial charge >= 0.3 is 0 Å². The molecule has 0 saturated carbocycles. The highest BCUT2D eigenvalue weighted by Gasteiger charge is 2.28. The van der Waals surface area contributed by atoms with E-state index >= 15 is 0 Å². The second kappa shape index (κ2) is 7.89. The first-order valence-electron chi connectivity index (χ1n) is 8.22. The summed E-state index contributed by atoms with van der Waals surface area (Å²) in [6, 6.07) is 4.96. The first-order valence-corrected chi connectivity index (χ1v) is 8.22. The molecule has 1 aliphatic rings. The third-order valence-electron chi connectivity index (χ3n) is 4.15. The van der Waals surface area contributed by atoms with Gasteiger partial charge in [0, 0.05) is 51.2 Å². The number of amides is 1. The quantitative estimate of drug-likeness (QED) is 0.858. The van der Waals surface area contributed by atoms with Crippen LogP contribution in [-0.4, -0.2) is 52.1 Å². The van der Waals surface area contributed by atoms with Crippen molar-refractivity contribution >= 4 is 11.7 Å². The molecular weight excluding hydrogens is 322 g/mol. The summed E-state index contributed by atoms with van der Waals surface area (Å²) >= 11 is 0. The number of morpholine rings is 1. The zero-order valence-corrected chi connectivity index (χ0v) is 14.1. The minimum absolute atomic E-state index is 0.000971. The lowest BCUT2D eigenvalue weighted by Gasteiger charge is -2.33. The summed E-state index contributed by atoms with van der Waals surface area (Å²) in [5.41, 5.74) is 0.593. The van der Waals surface area contributed by atoms with Gasteiger partial charge in [-0.1, -0.05) is 6.07 Å². The molecule has 0 bridgehead atoms. The van der Waals surface area contributed by atoms with E-state index in [1.807, 2.05) is 0 Å². The van der Waals surface area contributed by atoms with Crippen LogP contribution in [0.2, 0.25) is 0 Å². The highest BCUT2D eigenvalue weighted by Crippen LogP contribution is 2.25. The van der Waals surface area contributed by atoms with Crippen molar-refractivity contribution in [3.8, 4) is 0 Å². The van der Waals surface area contributed by atoms with Gasteiger partial charge < -0.3 is 19.5 Å². The summed E-state index contributed by atoms with van der Waals surface area (Å²) in [4.78, 5) is 34.6. The van der Waals surface area contributed by atoms with Crippen molar-refractivity contribution in [3.05, 3.63) is 52.8 Å². The predicted octanol–water partition coefficient (Wildman–Crippen LogP) is 0.670. The zero-order chi connectivity index (χ0) is 17.6. The van der Waals surface area contributed by atoms with Crippen molar-refractivity contribution in [1.29, 1.82) is 0 Å². The highest BCUT2D eigenvalue weighted by atomic mass is 16.5. The number of rotatable bonds is 5. The molecule has 2 aromatic rings. The number of nitrogens with one attached hydrogen (secondary N) is 1. The molecule has 1 atom stereocenters. The van der Waals surface area contributed by atoms with Crippen LogP contribution >= 0.6 is 0 Å². The van der Waals surface area contributed by atoms with E-state index in [-0.39, 0.29) is 24.0 Å². The Labute approximate surface area is 145 Å². The zero-order valence-electron chi connectivity index (χ0n) is 14.1. The molecule has 1 N–H and O–H groups in total. The third-order valence-corrected chi connectivity index (χ3v) is 4.15. The number of hydrogen-bond donors (Lipinski definition) is 1. The number of hydrogen-bond acceptors (Lipinski definition) is 6. The molecule has 1 aliphatic heterocycles. The lowest BCUT2D eigenvalue weighted by atomic mass is 10.2. The van der Waals surface area contributed by atoms with E-state index in [9.17, 15) is 9.59 Å². The van der Waals surface area contributed by atoms with Gasteiger partial charge in [-0.25, -0.2) is 4.98 Å². The number of aromatic nitrogens is 3. The smallest absolute Gasteiger partial charge is 0.250 e. The van der Waals surface area contributed by atoms with Gasteiger partial charge in [-0.2, -0.15) is 0 Å². The summed E-state index contributed by atoms with van der Waals surface area (Å²) < 4.78 is 7.32. The molecule has 1 fully saturated rings. The van der Waals surface area contributed by atoms with E-state index in [1.54, 1.807) is 42.7 Å². The lowest BCUT2D eigenvalue weighted by molar-refractivity contribution is -0.139. The predicted molar refractivity (Wildman–Crippen MR) is 92.2 cm³/mol. The summed E-state index contributed by atoms with van der Waals surface area (Å²) in [6.45, 7) is 1.78. The fraction of sp³-hybridized carbons (Fsp3) is 0.412. The van der Waals surface area contributed by atoms with Gasteiger partial charge in [0.25, 0.3) is 5.56 Å². The van der Waals surface area contributed by atoms with Gasteiger partial charge in [-0.15, -0.1) is 0 Å². The highest BCUT2D eigenvalue weighted by molar-refractivity contribution is 5.76. The van der Waals surface area contributed by atoms with Gasteiger partial charge in [0.2, 0.25) is 5.91 Å². The number of aryl methyl sites for hydroxylation is 1. The molecule has 8 nitrogen and oxygen atoms in total. The Morgan fingerprint density at radius 1 is 1.36 bits per heavy atom. The summed E-state index contributed by atoms with van der Waals surface area (Å²) in [6.07, 6.45) is 4.88. The number of nitrogens with zero attached hydrogens (tertiary/aromatic N) is 4. The lowest BCUT2D eigenvalue weighted by Crippen LogP contribution is -2.43. The van der Waals surface area contributed by atoms with Crippen LogP contribution in [0.15, 0.2) is 41.6 Å². The fourth-order valence-electron chi connectivity index (χ4n) is 2.84. The monoisotopic (exact) mass is 343 g/mol. The van der Waals surface area contributed by atoms with Crippen molar-refractivity contribution < 1.29 is 9.53 Å². The Bertz CT molecular complexity index is 792. The molecule has 0 spiro atoms. The Balaban J connectivity index is 1.64. The van der Waals surface area contributed by atoms with E-state index in [4.69, 9.17) is 4.74 Å². The topological polar surface area (TPSA) is 89.4 Å². The second-order valence-corrected chi connectivity index (χ2v) is 5.72. The first kappa shape index (κ1) is 17.1. The van der Waals surface area contributed by atoms with E-state index in [2.05, 4.69) is 15.3 Å². The second-order valence-electron chi connectivity index (χ2n) is 5.72. The molecule has 25 heavy (non-hydrogen) atoms. The average molecular weight is 343 g/mol. The maximum Gasteiger partial charge on any atom is 0.250 e. The molecule has 132 valence electrons. The molecule has 8 heteroatoms. The van der Waals surface area contributed by atoms with Crippen LogP contribution in [0.25, 0.3) is 0 Å². The van der Waals surface area contributed by atoms with Gasteiger partial charge in [0.1, 0.15) is 17.6 Å². The van der Waals surface area contributed by atoms with Crippen molar-refractivity contribution in [2.24, 2.45) is 0 Å². The Kier molecular flexibility index (Phi) is 5.39. The molecule has 1 unspecified atom stereocenters. The molecule has 2 aromatic heterocycles. The molecule has 1 amide bonds. The summed E-state index contributed by atoms with van der Waals surface area (Å²) in [5, 5.41) is 2.99. The molecule has 0 radical (unpaired) electrons. The van der Waals surface area contributed by atoms with Crippen LogP contribution in [0.4, 0.5) is 5.82 Å². The Morgan fingerprint density at radius 2 is 2.20 bits per heavy atom. The maximum atomic E-state index is 12.5. The SMILES string of the molecule is CNc1nccnc1C1CN(C(=O)CCn2ccccc2=O)CCO1. The van der Waals surface area contributed by atoms with Crippen LogP contribution in [0, 0.1) is 0 Å². The molecular formula is C17H21N5O3. The number of carbonyl (C=O) groups is 1. The van der Waals surface area contributed by atoms with E-state index in [0.29, 0.717) is 37.8 Å². The molecule has 0 aromatic carbocycles. The normalized spacial score (nSPS) is 17.3. The van der Waals surface area contributed by atoms with Crippen molar-refractivity contribution in [1.82, 2.24) is 19.4 Å². The van der Waals surface area contributed by atoms with Gasteiger partial charge in [-0.05, 0) is 6.07 Å². The number of ether oxygens (including phenoxy) is 1. The molecule has 1 saturated heterocycles. The van der Waals surface area contributed by atoms with E-state index in [0.717, 1.165) is 0 Å². The molecule has 3 rings (SSSR count). The van der Waals surface area contributed by atoms with E-state index in [1.165, 1.54) is 10.6 Å². The van der Waals surface area contributed by atoms with Gasteiger partial charge in [0.15, 0.2) is 0 Å². The minimum Gasteiger partial charge on any atom is -0.372 e. The van der Waals surface area contributed by atoms with Crippen LogP contribution in [-0.2, 0) is 16.1 Å². The Hall–Kier alpha value is -2.74. The van der Waals surface area contributed by atoms with Crippen LogP contribution < -0.4 is 10.9 Å². The van der Waals surface area contributed by atoms with E-state index < -0.39 is 0 Å². The van der Waals surface area contributed by atoms with Crippen molar-refractivity contribution in [2.75, 3.05) is 32.1 Å². The third kappa shape index (κ3) is 4.03. The minimum atomic E-state index is -0.312. The summed E-state index contributed by atoms with van der Waals surface area (Å²) in [7, 11) is 1.77. The number of anilines is 1. The largest absolute Gasteiger partial charge is 0.372 e. The van der Waals surface area contributed by atoms with Crippen molar-refractivity contribution in [3.63, 3.8) is 0 Å². The van der Waals surface area contributed by atoms with Gasteiger partial charge in [0.05, 0.1) is 13.2 Å². The molecule has 3 heterocycles. The fourth-order valence-corrected chi connectivity index (χ4v) is 2.84. The average Bonchev–Trinajstić information content (AvgIpc) is 2.67. The molecule has 0 aliphatic carbocycles. The standard InChI is InChI=1S/C17H21N5O3/c1-18-17-16(19-6-7-20-17)13-12-22(10-11-25-13)15(24)5-9-21-8-3-2-4-14(21)23/h2-4,6-8,13H,5,9-12H2,1H3,(H,18,20). The number of pyridine rings is 1. The number of carbonyl (C=O) groups excluding carboxylic acids is 1. The van der Waals surface area contributed by atoms with Gasteiger partial charge in [-0.3, -0.25) is 14.6 Å². The van der Waals surface area contributed by atoms with Crippen LogP contribution in [0.3, 0.4) is 0 Å². The van der Waals surface area contributed by atoms with Crippen molar-refractivity contribution in [2.45, 2.75) is 19.1 Å². The van der Waals surface area contributed by atoms with Crippen LogP contribution in [0.1, 0.15) is 18.2 Å². The maximum absolute atomic E-state index is 12.5. The van der Waals surface area contributed by atoms with Crippen LogP contribution in [0.5, 0.6) is 0 Å².